The summed E-state index contributed by atoms with van der Waals surface area (Å²) in [5.41, 5.74) is 5.62. The molecule has 1 amide bonds. The SMILES string of the molecule is C=C(C(N)=O)C1CCC(O)CC1. The van der Waals surface area contributed by atoms with E-state index >= 15 is 0 Å². The van der Waals surface area contributed by atoms with Crippen LogP contribution in [-0.4, -0.2) is 17.1 Å². The average Bonchev–Trinajstić information content (AvgIpc) is 2.04. The van der Waals surface area contributed by atoms with Gasteiger partial charge < -0.3 is 10.8 Å². The van der Waals surface area contributed by atoms with Gasteiger partial charge in [-0.05, 0) is 31.6 Å². The highest BCUT2D eigenvalue weighted by molar-refractivity contribution is 5.91. The predicted molar refractivity (Wildman–Crippen MR) is 46.3 cm³/mol. The first-order valence-corrected chi connectivity index (χ1v) is 4.28. The molecule has 0 radical (unpaired) electrons. The maximum atomic E-state index is 10.7. The van der Waals surface area contributed by atoms with Gasteiger partial charge in [-0.3, -0.25) is 4.79 Å². The Kier molecular flexibility index (Phi) is 2.87. The van der Waals surface area contributed by atoms with Gasteiger partial charge in [-0.1, -0.05) is 6.58 Å². The maximum absolute atomic E-state index is 10.7. The molecule has 0 heterocycles. The van der Waals surface area contributed by atoms with E-state index in [9.17, 15) is 9.90 Å². The van der Waals surface area contributed by atoms with Crippen molar-refractivity contribution in [2.24, 2.45) is 11.7 Å². The first-order valence-electron chi connectivity index (χ1n) is 4.28. The topological polar surface area (TPSA) is 63.3 Å². The molecule has 1 fully saturated rings. The van der Waals surface area contributed by atoms with Gasteiger partial charge in [-0.2, -0.15) is 0 Å². The Morgan fingerprint density at radius 3 is 2.25 bits per heavy atom. The molecule has 0 spiro atoms. The molecule has 68 valence electrons. The molecule has 0 aromatic rings. The van der Waals surface area contributed by atoms with Crippen LogP contribution in [0.25, 0.3) is 0 Å². The van der Waals surface area contributed by atoms with Crippen LogP contribution in [0.1, 0.15) is 25.7 Å². The molecule has 0 saturated heterocycles. The zero-order valence-electron chi connectivity index (χ0n) is 7.12. The lowest BCUT2D eigenvalue weighted by atomic mass is 9.83. The smallest absolute Gasteiger partial charge is 0.244 e. The molecular weight excluding hydrogens is 154 g/mol. The molecule has 1 rings (SSSR count). The number of primary amides is 1. The molecule has 0 bridgehead atoms. The molecule has 0 aliphatic heterocycles. The van der Waals surface area contributed by atoms with E-state index in [2.05, 4.69) is 6.58 Å². The van der Waals surface area contributed by atoms with E-state index in [-0.39, 0.29) is 12.0 Å². The number of carbonyl (C=O) groups is 1. The normalized spacial score (nSPS) is 29.8. The van der Waals surface area contributed by atoms with Crippen LogP contribution >= 0.6 is 0 Å². The monoisotopic (exact) mass is 169 g/mol. The van der Waals surface area contributed by atoms with E-state index in [4.69, 9.17) is 5.73 Å². The summed E-state index contributed by atoms with van der Waals surface area (Å²) in [7, 11) is 0. The van der Waals surface area contributed by atoms with Gasteiger partial charge in [-0.15, -0.1) is 0 Å². The average molecular weight is 169 g/mol. The van der Waals surface area contributed by atoms with Gasteiger partial charge in [-0.25, -0.2) is 0 Å². The van der Waals surface area contributed by atoms with Crippen molar-refractivity contribution >= 4 is 5.91 Å². The summed E-state index contributed by atoms with van der Waals surface area (Å²) < 4.78 is 0. The van der Waals surface area contributed by atoms with Crippen molar-refractivity contribution in [3.63, 3.8) is 0 Å². The molecule has 3 heteroatoms. The van der Waals surface area contributed by atoms with E-state index in [0.29, 0.717) is 5.57 Å². The number of nitrogens with two attached hydrogens (primary N) is 1. The Hall–Kier alpha value is -0.830. The van der Waals surface area contributed by atoms with Crippen LogP contribution in [0.4, 0.5) is 0 Å². The van der Waals surface area contributed by atoms with Gasteiger partial charge in [0.05, 0.1) is 6.10 Å². The van der Waals surface area contributed by atoms with Gasteiger partial charge in [0, 0.05) is 5.57 Å². The Bertz CT molecular complexity index is 193. The zero-order valence-corrected chi connectivity index (χ0v) is 7.12. The highest BCUT2D eigenvalue weighted by Gasteiger charge is 2.23. The van der Waals surface area contributed by atoms with Crippen LogP contribution in [0.2, 0.25) is 0 Å². The van der Waals surface area contributed by atoms with Crippen LogP contribution in [0.5, 0.6) is 0 Å². The van der Waals surface area contributed by atoms with Crippen LogP contribution in [0, 0.1) is 5.92 Å². The maximum Gasteiger partial charge on any atom is 0.244 e. The largest absolute Gasteiger partial charge is 0.393 e. The zero-order chi connectivity index (χ0) is 9.14. The fourth-order valence-electron chi connectivity index (χ4n) is 1.63. The van der Waals surface area contributed by atoms with Crippen molar-refractivity contribution in [1.82, 2.24) is 0 Å². The third-order valence-electron chi connectivity index (χ3n) is 2.51. The summed E-state index contributed by atoms with van der Waals surface area (Å²) in [6, 6.07) is 0. The van der Waals surface area contributed by atoms with Crippen molar-refractivity contribution in [2.45, 2.75) is 31.8 Å². The first-order chi connectivity index (χ1) is 5.61. The molecule has 3 N–H and O–H groups in total. The molecule has 1 saturated carbocycles. The summed E-state index contributed by atoms with van der Waals surface area (Å²) in [5.74, 6) is -0.206. The molecule has 12 heavy (non-hydrogen) atoms. The third-order valence-corrected chi connectivity index (χ3v) is 2.51. The first kappa shape index (κ1) is 9.26. The quantitative estimate of drug-likeness (QED) is 0.594. The molecule has 0 aromatic carbocycles. The second-order valence-corrected chi connectivity index (χ2v) is 3.39. The highest BCUT2D eigenvalue weighted by atomic mass is 16.3. The summed E-state index contributed by atoms with van der Waals surface area (Å²) >= 11 is 0. The predicted octanol–water partition coefficient (Wildman–Crippen LogP) is 0.579. The summed E-state index contributed by atoms with van der Waals surface area (Å²) in [5, 5.41) is 9.20. The number of hydrogen-bond donors (Lipinski definition) is 2. The summed E-state index contributed by atoms with van der Waals surface area (Å²) in [4.78, 5) is 10.7. The molecule has 0 unspecified atom stereocenters. The van der Waals surface area contributed by atoms with Gasteiger partial charge in [0.15, 0.2) is 0 Å². The molecular formula is C9H15NO2. The number of amides is 1. The Balaban J connectivity index is 2.44. The van der Waals surface area contributed by atoms with E-state index < -0.39 is 5.91 Å². The standard InChI is InChI=1S/C9H15NO2/c1-6(9(10)12)7-2-4-8(11)5-3-7/h7-8,11H,1-5H2,(H2,10,12). The lowest BCUT2D eigenvalue weighted by molar-refractivity contribution is -0.115. The fourth-order valence-corrected chi connectivity index (χ4v) is 1.63. The second kappa shape index (κ2) is 3.72. The van der Waals surface area contributed by atoms with Crippen LogP contribution in [0.15, 0.2) is 12.2 Å². The van der Waals surface area contributed by atoms with E-state index in [0.717, 1.165) is 25.7 Å². The minimum absolute atomic E-state index is 0.193. The molecule has 0 atom stereocenters. The molecule has 0 aromatic heterocycles. The van der Waals surface area contributed by atoms with Crippen molar-refractivity contribution in [3.05, 3.63) is 12.2 Å². The third kappa shape index (κ3) is 2.08. The van der Waals surface area contributed by atoms with Gasteiger partial charge in [0.25, 0.3) is 0 Å². The Labute approximate surface area is 72.3 Å². The van der Waals surface area contributed by atoms with Gasteiger partial charge >= 0.3 is 0 Å². The van der Waals surface area contributed by atoms with Gasteiger partial charge in [0.1, 0.15) is 0 Å². The van der Waals surface area contributed by atoms with E-state index in [1.165, 1.54) is 0 Å². The Morgan fingerprint density at radius 1 is 1.33 bits per heavy atom. The number of aliphatic hydroxyl groups is 1. The van der Waals surface area contributed by atoms with E-state index in [1.54, 1.807) is 0 Å². The fraction of sp³-hybridized carbons (Fsp3) is 0.667. The number of hydrogen-bond acceptors (Lipinski definition) is 2. The summed E-state index contributed by atoms with van der Waals surface area (Å²) in [6.45, 7) is 3.65. The number of aliphatic hydroxyl groups excluding tert-OH is 1. The molecule has 1 aliphatic rings. The highest BCUT2D eigenvalue weighted by Crippen LogP contribution is 2.28. The van der Waals surface area contributed by atoms with Crippen molar-refractivity contribution < 1.29 is 9.90 Å². The minimum atomic E-state index is -0.406. The van der Waals surface area contributed by atoms with Crippen LogP contribution < -0.4 is 5.73 Å². The second-order valence-electron chi connectivity index (χ2n) is 3.39. The van der Waals surface area contributed by atoms with Crippen molar-refractivity contribution in [3.8, 4) is 0 Å². The van der Waals surface area contributed by atoms with Crippen molar-refractivity contribution in [1.29, 1.82) is 0 Å². The van der Waals surface area contributed by atoms with Crippen molar-refractivity contribution in [2.75, 3.05) is 0 Å². The lowest BCUT2D eigenvalue weighted by Gasteiger charge is -2.25. The van der Waals surface area contributed by atoms with Crippen LogP contribution in [0.3, 0.4) is 0 Å². The van der Waals surface area contributed by atoms with Gasteiger partial charge in [0.2, 0.25) is 5.91 Å². The Morgan fingerprint density at radius 2 is 1.83 bits per heavy atom. The minimum Gasteiger partial charge on any atom is -0.393 e. The van der Waals surface area contributed by atoms with E-state index in [1.807, 2.05) is 0 Å². The summed E-state index contributed by atoms with van der Waals surface area (Å²) in [6.07, 6.45) is 3.00. The number of rotatable bonds is 2. The lowest BCUT2D eigenvalue weighted by Crippen LogP contribution is -2.25. The number of carbonyl (C=O) groups excluding carboxylic acids is 1. The molecule has 3 nitrogen and oxygen atoms in total. The molecule has 1 aliphatic carbocycles. The van der Waals surface area contributed by atoms with Crippen LogP contribution in [-0.2, 0) is 4.79 Å².